The van der Waals surface area contributed by atoms with E-state index < -0.39 is 6.10 Å². The van der Waals surface area contributed by atoms with Crippen LogP contribution in [0.4, 0.5) is 5.69 Å². The van der Waals surface area contributed by atoms with E-state index in [1.807, 2.05) is 13.0 Å². The molecular formula is C15H15ClN2O2. The third-order valence-corrected chi connectivity index (χ3v) is 3.02. The van der Waals surface area contributed by atoms with E-state index in [2.05, 4.69) is 10.3 Å². The maximum Gasteiger partial charge on any atom is 0.265 e. The lowest BCUT2D eigenvalue weighted by Gasteiger charge is -2.16. The number of aromatic nitrogens is 1. The molecule has 1 aromatic carbocycles. The summed E-state index contributed by atoms with van der Waals surface area (Å²) in [5, 5.41) is 3.23. The number of nitrogens with one attached hydrogen (secondary N) is 1. The van der Waals surface area contributed by atoms with Crippen LogP contribution in [0.5, 0.6) is 5.75 Å². The van der Waals surface area contributed by atoms with Crippen LogP contribution >= 0.6 is 11.6 Å². The van der Waals surface area contributed by atoms with Crippen LogP contribution in [0.1, 0.15) is 12.5 Å². The zero-order valence-corrected chi connectivity index (χ0v) is 12.0. The van der Waals surface area contributed by atoms with Crippen LogP contribution < -0.4 is 10.1 Å². The quantitative estimate of drug-likeness (QED) is 0.938. The molecule has 1 heterocycles. The predicted molar refractivity (Wildman–Crippen MR) is 79.1 cm³/mol. The van der Waals surface area contributed by atoms with Gasteiger partial charge in [0, 0.05) is 18.1 Å². The number of anilines is 1. The number of amides is 1. The molecule has 0 aliphatic heterocycles. The Labute approximate surface area is 122 Å². The fourth-order valence-electron chi connectivity index (χ4n) is 1.62. The van der Waals surface area contributed by atoms with Crippen LogP contribution in [0.25, 0.3) is 0 Å². The summed E-state index contributed by atoms with van der Waals surface area (Å²) in [6.07, 6.45) is 2.57. The standard InChI is InChI=1S/C15H15ClN2O2/c1-10-3-4-13(16)14(9-10)20-11(2)15(19)18-12-5-7-17-8-6-12/h3-9,11H,1-2H3,(H,17,18,19). The van der Waals surface area contributed by atoms with Gasteiger partial charge in [0.1, 0.15) is 5.75 Å². The second-order valence-electron chi connectivity index (χ2n) is 4.42. The molecule has 0 aliphatic carbocycles. The van der Waals surface area contributed by atoms with Gasteiger partial charge < -0.3 is 10.1 Å². The van der Waals surface area contributed by atoms with Crippen molar-refractivity contribution in [2.75, 3.05) is 5.32 Å². The van der Waals surface area contributed by atoms with Gasteiger partial charge in [0.25, 0.3) is 5.91 Å². The maximum absolute atomic E-state index is 12.0. The summed E-state index contributed by atoms with van der Waals surface area (Å²) < 4.78 is 5.60. The summed E-state index contributed by atoms with van der Waals surface area (Å²) in [5.41, 5.74) is 1.70. The van der Waals surface area contributed by atoms with Crippen molar-refractivity contribution in [2.24, 2.45) is 0 Å². The summed E-state index contributed by atoms with van der Waals surface area (Å²) in [6.45, 7) is 3.61. The number of aryl methyl sites for hydroxylation is 1. The maximum atomic E-state index is 12.0. The first-order valence-corrected chi connectivity index (χ1v) is 6.58. The lowest BCUT2D eigenvalue weighted by Crippen LogP contribution is -2.30. The summed E-state index contributed by atoms with van der Waals surface area (Å²) in [6, 6.07) is 8.86. The van der Waals surface area contributed by atoms with Gasteiger partial charge in [-0.2, -0.15) is 0 Å². The van der Waals surface area contributed by atoms with Crippen LogP contribution in [0, 0.1) is 6.92 Å². The topological polar surface area (TPSA) is 51.2 Å². The monoisotopic (exact) mass is 290 g/mol. The Morgan fingerprint density at radius 3 is 2.70 bits per heavy atom. The smallest absolute Gasteiger partial charge is 0.265 e. The van der Waals surface area contributed by atoms with Crippen molar-refractivity contribution in [3.63, 3.8) is 0 Å². The van der Waals surface area contributed by atoms with Crippen molar-refractivity contribution in [3.8, 4) is 5.75 Å². The lowest BCUT2D eigenvalue weighted by atomic mass is 10.2. The molecule has 2 rings (SSSR count). The molecule has 0 aliphatic rings. The number of carbonyl (C=O) groups excluding carboxylic acids is 1. The average molecular weight is 291 g/mol. The Bertz CT molecular complexity index is 602. The van der Waals surface area contributed by atoms with Gasteiger partial charge in [-0.05, 0) is 43.7 Å². The second kappa shape index (κ2) is 6.39. The lowest BCUT2D eigenvalue weighted by molar-refractivity contribution is -0.122. The Morgan fingerprint density at radius 1 is 1.30 bits per heavy atom. The summed E-state index contributed by atoms with van der Waals surface area (Å²) in [5.74, 6) is 0.262. The van der Waals surface area contributed by atoms with E-state index in [0.717, 1.165) is 5.56 Å². The number of benzene rings is 1. The van der Waals surface area contributed by atoms with Crippen molar-refractivity contribution >= 4 is 23.2 Å². The van der Waals surface area contributed by atoms with Crippen molar-refractivity contribution in [1.29, 1.82) is 0 Å². The zero-order chi connectivity index (χ0) is 14.5. The molecular weight excluding hydrogens is 276 g/mol. The number of nitrogens with zero attached hydrogens (tertiary/aromatic N) is 1. The highest BCUT2D eigenvalue weighted by Crippen LogP contribution is 2.26. The van der Waals surface area contributed by atoms with Crippen LogP contribution in [-0.4, -0.2) is 17.0 Å². The number of carbonyl (C=O) groups is 1. The number of hydrogen-bond donors (Lipinski definition) is 1. The van der Waals surface area contributed by atoms with Crippen LogP contribution in [-0.2, 0) is 4.79 Å². The first-order valence-electron chi connectivity index (χ1n) is 6.20. The van der Waals surface area contributed by atoms with Gasteiger partial charge in [-0.1, -0.05) is 17.7 Å². The van der Waals surface area contributed by atoms with E-state index in [-0.39, 0.29) is 5.91 Å². The minimum atomic E-state index is -0.650. The molecule has 0 saturated carbocycles. The van der Waals surface area contributed by atoms with Crippen molar-refractivity contribution in [1.82, 2.24) is 4.98 Å². The molecule has 1 aromatic heterocycles. The summed E-state index contributed by atoms with van der Waals surface area (Å²) >= 11 is 6.04. The fourth-order valence-corrected chi connectivity index (χ4v) is 1.79. The number of hydrogen-bond acceptors (Lipinski definition) is 3. The van der Waals surface area contributed by atoms with Gasteiger partial charge in [0.15, 0.2) is 6.10 Å². The average Bonchev–Trinajstić information content (AvgIpc) is 2.44. The van der Waals surface area contributed by atoms with E-state index in [4.69, 9.17) is 16.3 Å². The zero-order valence-electron chi connectivity index (χ0n) is 11.3. The Hall–Kier alpha value is -2.07. The van der Waals surface area contributed by atoms with E-state index in [0.29, 0.717) is 16.5 Å². The molecule has 0 saturated heterocycles. The first kappa shape index (κ1) is 14.3. The molecule has 1 unspecified atom stereocenters. The third-order valence-electron chi connectivity index (χ3n) is 2.71. The molecule has 1 N–H and O–H groups in total. The van der Waals surface area contributed by atoms with Gasteiger partial charge >= 0.3 is 0 Å². The van der Waals surface area contributed by atoms with Gasteiger partial charge in [0.2, 0.25) is 0 Å². The number of halogens is 1. The van der Waals surface area contributed by atoms with Crippen LogP contribution in [0.2, 0.25) is 5.02 Å². The normalized spacial score (nSPS) is 11.8. The van der Waals surface area contributed by atoms with E-state index in [9.17, 15) is 4.79 Å². The van der Waals surface area contributed by atoms with E-state index in [1.165, 1.54) is 0 Å². The molecule has 0 radical (unpaired) electrons. The van der Waals surface area contributed by atoms with Crippen molar-refractivity contribution in [3.05, 3.63) is 53.3 Å². The molecule has 0 bridgehead atoms. The fraction of sp³-hybridized carbons (Fsp3) is 0.200. The number of ether oxygens (including phenoxy) is 1. The minimum Gasteiger partial charge on any atom is -0.479 e. The molecule has 1 amide bonds. The SMILES string of the molecule is Cc1ccc(Cl)c(OC(C)C(=O)Nc2ccncc2)c1. The predicted octanol–water partition coefficient (Wildman–Crippen LogP) is 3.45. The summed E-state index contributed by atoms with van der Waals surface area (Å²) in [7, 11) is 0. The van der Waals surface area contributed by atoms with Gasteiger partial charge in [-0.3, -0.25) is 9.78 Å². The third kappa shape index (κ3) is 3.71. The number of pyridine rings is 1. The Morgan fingerprint density at radius 2 is 2.00 bits per heavy atom. The van der Waals surface area contributed by atoms with Gasteiger partial charge in [-0.25, -0.2) is 0 Å². The largest absolute Gasteiger partial charge is 0.479 e. The molecule has 20 heavy (non-hydrogen) atoms. The van der Waals surface area contributed by atoms with Gasteiger partial charge in [0.05, 0.1) is 5.02 Å². The minimum absolute atomic E-state index is 0.242. The number of rotatable bonds is 4. The highest BCUT2D eigenvalue weighted by atomic mass is 35.5. The van der Waals surface area contributed by atoms with Gasteiger partial charge in [-0.15, -0.1) is 0 Å². The van der Waals surface area contributed by atoms with E-state index in [1.54, 1.807) is 43.6 Å². The molecule has 1 atom stereocenters. The van der Waals surface area contributed by atoms with E-state index >= 15 is 0 Å². The molecule has 0 spiro atoms. The van der Waals surface area contributed by atoms with Crippen molar-refractivity contribution in [2.45, 2.75) is 20.0 Å². The van der Waals surface area contributed by atoms with Crippen LogP contribution in [0.3, 0.4) is 0 Å². The molecule has 0 fully saturated rings. The second-order valence-corrected chi connectivity index (χ2v) is 4.83. The highest BCUT2D eigenvalue weighted by molar-refractivity contribution is 6.32. The Kier molecular flexibility index (Phi) is 4.58. The Balaban J connectivity index is 2.02. The first-order chi connectivity index (χ1) is 9.56. The molecule has 104 valence electrons. The highest BCUT2D eigenvalue weighted by Gasteiger charge is 2.16. The van der Waals surface area contributed by atoms with Crippen LogP contribution in [0.15, 0.2) is 42.7 Å². The molecule has 4 nitrogen and oxygen atoms in total. The summed E-state index contributed by atoms with van der Waals surface area (Å²) in [4.78, 5) is 15.9. The van der Waals surface area contributed by atoms with Crippen molar-refractivity contribution < 1.29 is 9.53 Å². The molecule has 5 heteroatoms. The molecule has 2 aromatic rings.